The Bertz CT molecular complexity index is 539. The van der Waals surface area contributed by atoms with Gasteiger partial charge in [-0.3, -0.25) is 4.90 Å². The molecule has 1 aliphatic heterocycles. The highest BCUT2D eigenvalue weighted by atomic mass is 35.5. The van der Waals surface area contributed by atoms with Gasteiger partial charge in [0.2, 0.25) is 0 Å². The molecule has 8 heteroatoms. The zero-order valence-electron chi connectivity index (χ0n) is 14.5. The van der Waals surface area contributed by atoms with Crippen LogP contribution in [0.4, 0.5) is 13.2 Å². The van der Waals surface area contributed by atoms with Crippen LogP contribution < -0.4 is 5.32 Å². The molecule has 1 saturated carbocycles. The predicted octanol–water partition coefficient (Wildman–Crippen LogP) is 5.73. The van der Waals surface area contributed by atoms with Crippen LogP contribution in [-0.2, 0) is 6.18 Å². The molecule has 0 unspecified atom stereocenters. The molecule has 0 spiro atoms. The molecule has 1 saturated heterocycles. The first kappa shape index (κ1) is 23.8. The van der Waals surface area contributed by atoms with E-state index in [1.54, 1.807) is 6.07 Å². The van der Waals surface area contributed by atoms with Crippen LogP contribution in [0.3, 0.4) is 0 Å². The lowest BCUT2D eigenvalue weighted by molar-refractivity contribution is -0.137. The summed E-state index contributed by atoms with van der Waals surface area (Å²) in [5.74, 6) is 0.413. The highest BCUT2D eigenvalue weighted by molar-refractivity contribution is 6.30. The minimum Gasteiger partial charge on any atom is -0.314 e. The van der Waals surface area contributed by atoms with E-state index in [1.165, 1.54) is 25.3 Å². The Morgan fingerprint density at radius 2 is 1.62 bits per heavy atom. The van der Waals surface area contributed by atoms with E-state index in [9.17, 15) is 13.2 Å². The van der Waals surface area contributed by atoms with Crippen molar-refractivity contribution < 1.29 is 13.2 Å². The van der Waals surface area contributed by atoms with Crippen LogP contribution in [0.15, 0.2) is 18.2 Å². The first-order valence-electron chi connectivity index (χ1n) is 8.77. The van der Waals surface area contributed by atoms with Crippen molar-refractivity contribution in [3.63, 3.8) is 0 Å². The molecule has 0 bridgehead atoms. The van der Waals surface area contributed by atoms with E-state index in [4.69, 9.17) is 11.6 Å². The van der Waals surface area contributed by atoms with Gasteiger partial charge in [-0.1, -0.05) is 30.9 Å². The van der Waals surface area contributed by atoms with E-state index in [-0.39, 0.29) is 35.9 Å². The fourth-order valence-electron chi connectivity index (χ4n) is 4.14. The highest BCUT2D eigenvalue weighted by Gasteiger charge is 2.35. The van der Waals surface area contributed by atoms with Crippen molar-refractivity contribution in [1.29, 1.82) is 0 Å². The monoisotopic (exact) mass is 432 g/mol. The first-order chi connectivity index (χ1) is 11.4. The lowest BCUT2D eigenvalue weighted by Crippen LogP contribution is -2.47. The minimum absolute atomic E-state index is 0. The second-order valence-electron chi connectivity index (χ2n) is 6.90. The SMILES string of the molecule is Cl.Cl.FC(F)(F)c1cc(Cl)cc([C@@H](C2CCCCC2)N2CCNCC2)c1. The predicted molar refractivity (Wildman–Crippen MR) is 105 cm³/mol. The summed E-state index contributed by atoms with van der Waals surface area (Å²) in [5.41, 5.74) is 0.0876. The van der Waals surface area contributed by atoms with Crippen molar-refractivity contribution in [1.82, 2.24) is 10.2 Å². The van der Waals surface area contributed by atoms with Crippen LogP contribution in [0, 0.1) is 5.92 Å². The number of halogens is 6. The molecule has 1 aromatic rings. The van der Waals surface area contributed by atoms with Crippen molar-refractivity contribution in [2.24, 2.45) is 5.92 Å². The van der Waals surface area contributed by atoms with Gasteiger partial charge in [-0.05, 0) is 42.5 Å². The molecule has 3 rings (SSSR count). The molecular formula is C18H26Cl3F3N2. The molecular weight excluding hydrogens is 408 g/mol. The van der Waals surface area contributed by atoms with Crippen LogP contribution >= 0.6 is 36.4 Å². The molecule has 2 fully saturated rings. The number of nitrogens with one attached hydrogen (secondary N) is 1. The maximum absolute atomic E-state index is 13.2. The lowest BCUT2D eigenvalue weighted by Gasteiger charge is -2.41. The van der Waals surface area contributed by atoms with Crippen molar-refractivity contribution in [2.45, 2.75) is 44.3 Å². The third-order valence-corrected chi connectivity index (χ3v) is 5.45. The minimum atomic E-state index is -4.36. The molecule has 0 amide bonds. The number of alkyl halides is 3. The zero-order valence-corrected chi connectivity index (χ0v) is 16.9. The van der Waals surface area contributed by atoms with Gasteiger partial charge >= 0.3 is 6.18 Å². The van der Waals surface area contributed by atoms with Crippen molar-refractivity contribution in [2.75, 3.05) is 26.2 Å². The van der Waals surface area contributed by atoms with E-state index >= 15 is 0 Å². The quantitative estimate of drug-likeness (QED) is 0.655. The summed E-state index contributed by atoms with van der Waals surface area (Å²) in [6.45, 7) is 3.51. The average molecular weight is 434 g/mol. The maximum atomic E-state index is 13.2. The van der Waals surface area contributed by atoms with Crippen LogP contribution in [0.2, 0.25) is 5.02 Å². The number of hydrogen-bond donors (Lipinski definition) is 1. The summed E-state index contributed by atoms with van der Waals surface area (Å²) >= 11 is 6.05. The highest BCUT2D eigenvalue weighted by Crippen LogP contribution is 2.41. The second-order valence-corrected chi connectivity index (χ2v) is 7.34. The topological polar surface area (TPSA) is 15.3 Å². The Labute approximate surface area is 170 Å². The number of nitrogens with zero attached hydrogens (tertiary/aromatic N) is 1. The number of piperazine rings is 1. The van der Waals surface area contributed by atoms with Gasteiger partial charge < -0.3 is 5.32 Å². The van der Waals surface area contributed by atoms with Gasteiger partial charge in [0.15, 0.2) is 0 Å². The van der Waals surface area contributed by atoms with Gasteiger partial charge in [0, 0.05) is 37.2 Å². The van der Waals surface area contributed by atoms with Crippen LogP contribution in [0.1, 0.15) is 49.3 Å². The maximum Gasteiger partial charge on any atom is 0.416 e. The summed E-state index contributed by atoms with van der Waals surface area (Å²) in [5, 5.41) is 3.50. The average Bonchev–Trinajstić information content (AvgIpc) is 2.56. The zero-order chi connectivity index (χ0) is 17.2. The van der Waals surface area contributed by atoms with Crippen molar-refractivity contribution in [3.8, 4) is 0 Å². The second kappa shape index (κ2) is 10.4. The van der Waals surface area contributed by atoms with Crippen LogP contribution in [0.25, 0.3) is 0 Å². The third kappa shape index (κ3) is 5.90. The number of rotatable bonds is 3. The molecule has 1 aliphatic carbocycles. The Morgan fingerprint density at radius 3 is 2.19 bits per heavy atom. The molecule has 1 N–H and O–H groups in total. The van der Waals surface area contributed by atoms with Crippen molar-refractivity contribution in [3.05, 3.63) is 34.3 Å². The van der Waals surface area contributed by atoms with Crippen LogP contribution in [-0.4, -0.2) is 31.1 Å². The Hall–Kier alpha value is -0.200. The first-order valence-corrected chi connectivity index (χ1v) is 9.15. The van der Waals surface area contributed by atoms with E-state index in [0.717, 1.165) is 50.7 Å². The Balaban J connectivity index is 0.00000169. The van der Waals surface area contributed by atoms with Crippen LogP contribution in [0.5, 0.6) is 0 Å². The molecule has 2 nitrogen and oxygen atoms in total. The summed E-state index contributed by atoms with van der Waals surface area (Å²) < 4.78 is 39.6. The molecule has 26 heavy (non-hydrogen) atoms. The lowest BCUT2D eigenvalue weighted by atomic mass is 9.80. The molecule has 1 atom stereocenters. The van der Waals surface area contributed by atoms with E-state index in [1.807, 2.05) is 0 Å². The van der Waals surface area contributed by atoms with Gasteiger partial charge in [0.05, 0.1) is 5.56 Å². The number of benzene rings is 1. The smallest absolute Gasteiger partial charge is 0.314 e. The van der Waals surface area contributed by atoms with Gasteiger partial charge in [-0.25, -0.2) is 0 Å². The largest absolute Gasteiger partial charge is 0.416 e. The molecule has 2 aliphatic rings. The van der Waals surface area contributed by atoms with Gasteiger partial charge in [0.1, 0.15) is 0 Å². The summed E-state index contributed by atoms with van der Waals surface area (Å²) in [4.78, 5) is 2.35. The van der Waals surface area contributed by atoms with E-state index in [2.05, 4.69) is 10.2 Å². The fraction of sp³-hybridized carbons (Fsp3) is 0.667. The van der Waals surface area contributed by atoms with E-state index < -0.39 is 11.7 Å². The summed E-state index contributed by atoms with van der Waals surface area (Å²) in [6.07, 6.45) is 1.37. The Kier molecular flexibility index (Phi) is 9.51. The summed E-state index contributed by atoms with van der Waals surface area (Å²) in [7, 11) is 0. The third-order valence-electron chi connectivity index (χ3n) is 5.23. The Morgan fingerprint density at radius 1 is 1.00 bits per heavy atom. The molecule has 0 radical (unpaired) electrons. The number of hydrogen-bond acceptors (Lipinski definition) is 2. The van der Waals surface area contributed by atoms with Gasteiger partial charge in [-0.15, -0.1) is 24.8 Å². The van der Waals surface area contributed by atoms with E-state index in [0.29, 0.717) is 5.92 Å². The molecule has 150 valence electrons. The standard InChI is InChI=1S/C18H24ClF3N2.2ClH/c19-16-11-14(10-15(12-16)18(20,21)22)17(13-4-2-1-3-5-13)24-8-6-23-7-9-24;;/h10-13,17,23H,1-9H2;2*1H/t17-;;/m1../s1. The molecule has 1 heterocycles. The molecule has 0 aromatic heterocycles. The van der Waals surface area contributed by atoms with Crippen molar-refractivity contribution >= 4 is 36.4 Å². The normalized spacial score (nSPS) is 20.8. The fourth-order valence-corrected chi connectivity index (χ4v) is 4.38. The van der Waals surface area contributed by atoms with Gasteiger partial charge in [-0.2, -0.15) is 13.2 Å². The molecule has 1 aromatic carbocycles. The van der Waals surface area contributed by atoms with Gasteiger partial charge in [0.25, 0.3) is 0 Å². The summed E-state index contributed by atoms with van der Waals surface area (Å²) in [6, 6.07) is 4.11.